The number of carbonyl (C=O) groups is 1. The summed E-state index contributed by atoms with van der Waals surface area (Å²) in [5.74, 6) is 1.44. The van der Waals surface area contributed by atoms with Crippen molar-refractivity contribution in [2.75, 3.05) is 17.4 Å². The van der Waals surface area contributed by atoms with E-state index in [1.54, 1.807) is 0 Å². The van der Waals surface area contributed by atoms with Crippen molar-refractivity contribution in [1.29, 1.82) is 0 Å². The first-order valence-electron chi connectivity index (χ1n) is 7.34. The smallest absolute Gasteiger partial charge is 0.246 e. The molecule has 2 aliphatic rings. The second-order valence-electron chi connectivity index (χ2n) is 5.45. The molecule has 4 rings (SSSR count). The average Bonchev–Trinajstić information content (AvgIpc) is 2.93. The first-order valence-corrected chi connectivity index (χ1v) is 7.34. The Bertz CT molecular complexity index is 730. The van der Waals surface area contributed by atoms with E-state index >= 15 is 0 Å². The van der Waals surface area contributed by atoms with E-state index in [2.05, 4.69) is 16.7 Å². The zero-order chi connectivity index (χ0) is 14.9. The lowest BCUT2D eigenvalue weighted by atomic mass is 10.1. The van der Waals surface area contributed by atoms with Gasteiger partial charge in [-0.2, -0.15) is 0 Å². The fourth-order valence-electron chi connectivity index (χ4n) is 2.84. The van der Waals surface area contributed by atoms with Gasteiger partial charge in [0.05, 0.1) is 0 Å². The van der Waals surface area contributed by atoms with Gasteiger partial charge < -0.3 is 20.1 Å². The molecule has 2 aromatic carbocycles. The van der Waals surface area contributed by atoms with Gasteiger partial charge in [0, 0.05) is 17.4 Å². The summed E-state index contributed by atoms with van der Waals surface area (Å²) >= 11 is 0. The molecule has 22 heavy (non-hydrogen) atoms. The third-order valence-corrected chi connectivity index (χ3v) is 4.01. The Morgan fingerprint density at radius 3 is 2.91 bits per heavy atom. The van der Waals surface area contributed by atoms with Crippen LogP contribution in [0, 0.1) is 0 Å². The fourth-order valence-corrected chi connectivity index (χ4v) is 2.84. The van der Waals surface area contributed by atoms with Gasteiger partial charge in [-0.1, -0.05) is 18.2 Å². The number of hydrogen-bond donors (Lipinski definition) is 2. The number of rotatable bonds is 2. The van der Waals surface area contributed by atoms with Crippen LogP contribution in [-0.2, 0) is 11.2 Å². The highest BCUT2D eigenvalue weighted by Crippen LogP contribution is 2.34. The van der Waals surface area contributed by atoms with Crippen LogP contribution >= 0.6 is 0 Å². The number of ether oxygens (including phenoxy) is 2. The Kier molecular flexibility index (Phi) is 3.11. The first kappa shape index (κ1) is 13.0. The largest absolute Gasteiger partial charge is 0.454 e. The third-order valence-electron chi connectivity index (χ3n) is 4.01. The number of nitrogens with one attached hydrogen (secondary N) is 2. The average molecular weight is 296 g/mol. The van der Waals surface area contributed by atoms with Gasteiger partial charge in [-0.3, -0.25) is 4.79 Å². The van der Waals surface area contributed by atoms with Crippen LogP contribution < -0.4 is 20.1 Å². The molecule has 0 bridgehead atoms. The standard InChI is InChI=1S/C17H16N2O3/c20-17-14(7-5-11-3-1-2-4-13(11)19-17)18-12-6-8-15-16(9-12)22-10-21-15/h1-4,6,8-9,14,18H,5,7,10H2,(H,19,20)/t14-/m1/s1. The van der Waals surface area contributed by atoms with Gasteiger partial charge in [0.15, 0.2) is 11.5 Å². The molecule has 0 radical (unpaired) electrons. The lowest BCUT2D eigenvalue weighted by molar-refractivity contribution is -0.116. The molecule has 5 heteroatoms. The summed E-state index contributed by atoms with van der Waals surface area (Å²) in [6, 6.07) is 13.3. The maximum absolute atomic E-state index is 12.4. The number of fused-ring (bicyclic) bond motifs is 2. The first-order chi connectivity index (χ1) is 10.8. The summed E-state index contributed by atoms with van der Waals surface area (Å²) in [6.45, 7) is 0.248. The topological polar surface area (TPSA) is 59.6 Å². The summed E-state index contributed by atoms with van der Waals surface area (Å²) in [5, 5.41) is 6.28. The molecular weight excluding hydrogens is 280 g/mol. The van der Waals surface area contributed by atoms with E-state index in [9.17, 15) is 4.79 Å². The van der Waals surface area contributed by atoms with E-state index in [1.807, 2.05) is 36.4 Å². The molecule has 0 spiro atoms. The molecule has 2 N–H and O–H groups in total. The minimum atomic E-state index is -0.271. The maximum Gasteiger partial charge on any atom is 0.246 e. The number of aryl methyl sites for hydroxylation is 1. The van der Waals surface area contributed by atoms with Gasteiger partial charge in [0.1, 0.15) is 6.04 Å². The molecule has 2 heterocycles. The molecular formula is C17H16N2O3. The Morgan fingerprint density at radius 2 is 1.95 bits per heavy atom. The zero-order valence-corrected chi connectivity index (χ0v) is 12.0. The molecule has 2 aromatic rings. The van der Waals surface area contributed by atoms with Crippen molar-refractivity contribution in [2.24, 2.45) is 0 Å². The van der Waals surface area contributed by atoms with E-state index < -0.39 is 0 Å². The van der Waals surface area contributed by atoms with Crippen molar-refractivity contribution >= 4 is 17.3 Å². The lowest BCUT2D eigenvalue weighted by Crippen LogP contribution is -2.33. The fraction of sp³-hybridized carbons (Fsp3) is 0.235. The van der Waals surface area contributed by atoms with Gasteiger partial charge in [-0.25, -0.2) is 0 Å². The van der Waals surface area contributed by atoms with Gasteiger partial charge in [-0.15, -0.1) is 0 Å². The second-order valence-corrected chi connectivity index (χ2v) is 5.45. The molecule has 2 aliphatic heterocycles. The summed E-state index contributed by atoms with van der Waals surface area (Å²) in [5.41, 5.74) is 2.93. The van der Waals surface area contributed by atoms with Crippen molar-refractivity contribution in [2.45, 2.75) is 18.9 Å². The zero-order valence-electron chi connectivity index (χ0n) is 12.0. The summed E-state index contributed by atoms with van der Waals surface area (Å²) < 4.78 is 10.7. The number of benzene rings is 2. The number of anilines is 2. The SMILES string of the molecule is O=C1Nc2ccccc2CC[C@H]1Nc1ccc2c(c1)OCO2. The molecule has 5 nitrogen and oxygen atoms in total. The molecule has 0 fully saturated rings. The summed E-state index contributed by atoms with van der Waals surface area (Å²) in [7, 11) is 0. The normalized spacial score (nSPS) is 19.1. The molecule has 0 saturated carbocycles. The Morgan fingerprint density at radius 1 is 1.09 bits per heavy atom. The molecule has 0 unspecified atom stereocenters. The minimum Gasteiger partial charge on any atom is -0.454 e. The highest BCUT2D eigenvalue weighted by Gasteiger charge is 2.24. The third kappa shape index (κ3) is 2.35. The second kappa shape index (κ2) is 5.26. The van der Waals surface area contributed by atoms with E-state index in [1.165, 1.54) is 5.56 Å². The van der Waals surface area contributed by atoms with Crippen LogP contribution in [0.2, 0.25) is 0 Å². The van der Waals surface area contributed by atoms with Crippen molar-refractivity contribution < 1.29 is 14.3 Å². The van der Waals surface area contributed by atoms with Crippen LogP contribution in [-0.4, -0.2) is 18.7 Å². The van der Waals surface area contributed by atoms with Crippen LogP contribution in [0.15, 0.2) is 42.5 Å². The van der Waals surface area contributed by atoms with Crippen LogP contribution in [0.4, 0.5) is 11.4 Å². The van der Waals surface area contributed by atoms with Crippen molar-refractivity contribution in [3.05, 3.63) is 48.0 Å². The molecule has 0 aliphatic carbocycles. The predicted molar refractivity (Wildman–Crippen MR) is 83.4 cm³/mol. The van der Waals surface area contributed by atoms with E-state index in [0.717, 1.165) is 30.0 Å². The molecule has 0 aromatic heterocycles. The Balaban J connectivity index is 1.53. The lowest BCUT2D eigenvalue weighted by Gasteiger charge is -2.16. The number of amides is 1. The van der Waals surface area contributed by atoms with E-state index in [0.29, 0.717) is 5.75 Å². The summed E-state index contributed by atoms with van der Waals surface area (Å²) in [4.78, 5) is 12.4. The maximum atomic E-state index is 12.4. The summed E-state index contributed by atoms with van der Waals surface area (Å²) in [6.07, 6.45) is 1.61. The highest BCUT2D eigenvalue weighted by atomic mass is 16.7. The van der Waals surface area contributed by atoms with Gasteiger partial charge in [0.2, 0.25) is 12.7 Å². The Hall–Kier alpha value is -2.69. The van der Waals surface area contributed by atoms with Gasteiger partial charge >= 0.3 is 0 Å². The minimum absolute atomic E-state index is 0.0115. The number of hydrogen-bond acceptors (Lipinski definition) is 4. The quantitative estimate of drug-likeness (QED) is 0.894. The Labute approximate surface area is 128 Å². The molecule has 1 amide bonds. The van der Waals surface area contributed by atoms with Gasteiger partial charge in [0.25, 0.3) is 0 Å². The van der Waals surface area contributed by atoms with E-state index in [-0.39, 0.29) is 18.7 Å². The predicted octanol–water partition coefficient (Wildman–Crippen LogP) is 2.78. The van der Waals surface area contributed by atoms with Gasteiger partial charge in [-0.05, 0) is 36.6 Å². The van der Waals surface area contributed by atoms with Crippen LogP contribution in [0.25, 0.3) is 0 Å². The van der Waals surface area contributed by atoms with Crippen LogP contribution in [0.3, 0.4) is 0 Å². The van der Waals surface area contributed by atoms with E-state index in [4.69, 9.17) is 9.47 Å². The van der Waals surface area contributed by atoms with Crippen molar-refractivity contribution in [3.8, 4) is 11.5 Å². The number of para-hydroxylation sites is 1. The molecule has 1 atom stereocenters. The number of carbonyl (C=O) groups excluding carboxylic acids is 1. The van der Waals surface area contributed by atoms with Crippen molar-refractivity contribution in [3.63, 3.8) is 0 Å². The molecule has 0 saturated heterocycles. The monoisotopic (exact) mass is 296 g/mol. The van der Waals surface area contributed by atoms with Crippen molar-refractivity contribution in [1.82, 2.24) is 0 Å². The van der Waals surface area contributed by atoms with Crippen LogP contribution in [0.1, 0.15) is 12.0 Å². The molecule has 112 valence electrons. The van der Waals surface area contributed by atoms with Crippen LogP contribution in [0.5, 0.6) is 11.5 Å². The highest BCUT2D eigenvalue weighted by molar-refractivity contribution is 5.98.